The number of rotatable bonds is 3. The molecule has 2 aromatic rings. The average molecular weight is 344 g/mol. The molecule has 4 atom stereocenters. The molecule has 1 aliphatic rings. The standard InChI is InChI=1S/C11H15N5O3Se/c12-9-6-10(14-3-13-9)16(4-15-6)11-8(19)7(18)5(20-11)1-2-17/h3-5,7-8,11,17-19H,1-2H2,(H2,12,13,14)/t5-,7-,8-,11-/m1/s1. The predicted octanol–water partition coefficient (Wildman–Crippen LogP) is -1.48. The third-order valence-corrected chi connectivity index (χ3v) is 6.87. The fraction of sp³-hybridized carbons (Fsp3) is 0.545. The summed E-state index contributed by atoms with van der Waals surface area (Å²) < 4.78 is 1.75. The molecule has 1 saturated heterocycles. The number of nitrogen functional groups attached to an aromatic ring is 1. The molecule has 0 aliphatic carbocycles. The average Bonchev–Trinajstić information content (AvgIpc) is 2.97. The van der Waals surface area contributed by atoms with E-state index in [0.717, 1.165) is 0 Å². The van der Waals surface area contributed by atoms with Crippen LogP contribution in [0.2, 0.25) is 4.82 Å². The van der Waals surface area contributed by atoms with Crippen LogP contribution in [0.5, 0.6) is 0 Å². The number of aliphatic hydroxyl groups is 3. The molecule has 3 heterocycles. The number of nitrogens with zero attached hydrogens (tertiary/aromatic N) is 4. The zero-order chi connectivity index (χ0) is 14.3. The van der Waals surface area contributed by atoms with Gasteiger partial charge in [-0.1, -0.05) is 0 Å². The van der Waals surface area contributed by atoms with Gasteiger partial charge in [0.25, 0.3) is 0 Å². The molecule has 5 N–H and O–H groups in total. The number of aliphatic hydroxyl groups excluding tert-OH is 3. The SMILES string of the molecule is Nc1ncnc2c1ncn2[C@@H]1[Se][C@H](CCO)[C@@H](O)[C@H]1O. The van der Waals surface area contributed by atoms with Crippen LogP contribution in [0.1, 0.15) is 11.4 Å². The van der Waals surface area contributed by atoms with Crippen LogP contribution in [0.4, 0.5) is 5.82 Å². The second-order valence-electron chi connectivity index (χ2n) is 4.64. The first-order valence-corrected chi connectivity index (χ1v) is 8.16. The monoisotopic (exact) mass is 345 g/mol. The van der Waals surface area contributed by atoms with Crippen molar-refractivity contribution in [1.82, 2.24) is 19.5 Å². The number of fused-ring (bicyclic) bond motifs is 1. The van der Waals surface area contributed by atoms with Crippen molar-refractivity contribution < 1.29 is 15.3 Å². The molecule has 3 rings (SSSR count). The van der Waals surface area contributed by atoms with Crippen molar-refractivity contribution in [2.24, 2.45) is 0 Å². The number of hydrogen-bond acceptors (Lipinski definition) is 7. The molecule has 20 heavy (non-hydrogen) atoms. The minimum atomic E-state index is -0.889. The summed E-state index contributed by atoms with van der Waals surface area (Å²) in [6.07, 6.45) is 1.69. The third-order valence-electron chi connectivity index (χ3n) is 3.41. The van der Waals surface area contributed by atoms with Crippen LogP contribution in [0.25, 0.3) is 11.2 Å². The maximum absolute atomic E-state index is 10.2. The molecule has 0 bridgehead atoms. The Labute approximate surface area is 120 Å². The van der Waals surface area contributed by atoms with Crippen LogP contribution in [0.3, 0.4) is 0 Å². The van der Waals surface area contributed by atoms with E-state index in [1.807, 2.05) is 0 Å². The molecule has 1 aliphatic heterocycles. The van der Waals surface area contributed by atoms with Gasteiger partial charge >= 0.3 is 120 Å². The van der Waals surface area contributed by atoms with Gasteiger partial charge in [0.05, 0.1) is 0 Å². The summed E-state index contributed by atoms with van der Waals surface area (Å²) in [6.45, 7) is 0.00269. The molecular weight excluding hydrogens is 329 g/mol. The van der Waals surface area contributed by atoms with E-state index in [1.165, 1.54) is 6.33 Å². The number of aromatic nitrogens is 4. The number of anilines is 1. The topological polar surface area (TPSA) is 130 Å². The Balaban J connectivity index is 1.97. The molecule has 1 fully saturated rings. The number of nitrogens with two attached hydrogens (primary N) is 1. The van der Waals surface area contributed by atoms with Gasteiger partial charge in [-0.15, -0.1) is 0 Å². The Kier molecular flexibility index (Phi) is 3.61. The fourth-order valence-corrected chi connectivity index (χ4v) is 5.59. The molecule has 108 valence electrons. The van der Waals surface area contributed by atoms with Crippen LogP contribution < -0.4 is 5.73 Å². The zero-order valence-electron chi connectivity index (χ0n) is 10.5. The zero-order valence-corrected chi connectivity index (χ0v) is 12.2. The van der Waals surface area contributed by atoms with Crippen LogP contribution in [-0.2, 0) is 0 Å². The van der Waals surface area contributed by atoms with Crippen molar-refractivity contribution >= 4 is 31.9 Å². The Bertz CT molecular complexity index is 621. The van der Waals surface area contributed by atoms with Crippen molar-refractivity contribution in [3.8, 4) is 0 Å². The summed E-state index contributed by atoms with van der Waals surface area (Å²) in [5.41, 5.74) is 6.79. The first-order valence-electron chi connectivity index (χ1n) is 6.19. The minimum absolute atomic E-state index is 0.00269. The molecule has 2 aromatic heterocycles. The van der Waals surface area contributed by atoms with Crippen molar-refractivity contribution in [2.75, 3.05) is 12.3 Å². The summed E-state index contributed by atoms with van der Waals surface area (Å²) in [7, 11) is 0. The van der Waals surface area contributed by atoms with Crippen LogP contribution in [0, 0.1) is 0 Å². The summed E-state index contributed by atoms with van der Waals surface area (Å²) >= 11 is -0.0745. The van der Waals surface area contributed by atoms with Gasteiger partial charge in [0.2, 0.25) is 0 Å². The molecule has 0 amide bonds. The molecule has 0 aromatic carbocycles. The van der Waals surface area contributed by atoms with E-state index >= 15 is 0 Å². The first-order chi connectivity index (χ1) is 9.63. The summed E-state index contributed by atoms with van der Waals surface area (Å²) in [4.78, 5) is 11.9. The fourth-order valence-electron chi connectivity index (χ4n) is 2.38. The van der Waals surface area contributed by atoms with E-state index < -0.39 is 12.2 Å². The Morgan fingerprint density at radius 2 is 2.05 bits per heavy atom. The van der Waals surface area contributed by atoms with Gasteiger partial charge in [0, 0.05) is 0 Å². The molecule has 0 spiro atoms. The Morgan fingerprint density at radius 3 is 2.80 bits per heavy atom. The molecule has 8 nitrogen and oxygen atoms in total. The second-order valence-corrected chi connectivity index (χ2v) is 7.50. The molecule has 0 radical (unpaired) electrons. The van der Waals surface area contributed by atoms with Gasteiger partial charge in [0.15, 0.2) is 0 Å². The predicted molar refractivity (Wildman–Crippen MR) is 72.0 cm³/mol. The summed E-state index contributed by atoms with van der Waals surface area (Å²) in [6, 6.07) is 0. The van der Waals surface area contributed by atoms with E-state index in [-0.39, 0.29) is 31.3 Å². The maximum atomic E-state index is 10.2. The van der Waals surface area contributed by atoms with Crippen LogP contribution in [0.15, 0.2) is 12.7 Å². The van der Waals surface area contributed by atoms with E-state index in [2.05, 4.69) is 15.0 Å². The van der Waals surface area contributed by atoms with Gasteiger partial charge in [-0.2, -0.15) is 0 Å². The van der Waals surface area contributed by atoms with E-state index in [9.17, 15) is 10.2 Å². The Morgan fingerprint density at radius 1 is 1.25 bits per heavy atom. The number of hydrogen-bond donors (Lipinski definition) is 4. The van der Waals surface area contributed by atoms with Gasteiger partial charge in [-0.3, -0.25) is 0 Å². The quantitative estimate of drug-likeness (QED) is 0.500. The van der Waals surface area contributed by atoms with Crippen molar-refractivity contribution in [3.63, 3.8) is 0 Å². The van der Waals surface area contributed by atoms with E-state index in [0.29, 0.717) is 23.4 Å². The van der Waals surface area contributed by atoms with Crippen LogP contribution in [-0.4, -0.2) is 68.6 Å². The van der Waals surface area contributed by atoms with Crippen molar-refractivity contribution in [3.05, 3.63) is 12.7 Å². The van der Waals surface area contributed by atoms with Gasteiger partial charge in [0.1, 0.15) is 0 Å². The molecule has 0 saturated carbocycles. The molecular formula is C11H15N5O3Se. The van der Waals surface area contributed by atoms with Crippen molar-refractivity contribution in [2.45, 2.75) is 28.4 Å². The molecule has 9 heteroatoms. The second kappa shape index (κ2) is 5.27. The number of imidazole rings is 1. The third kappa shape index (κ3) is 2.07. The van der Waals surface area contributed by atoms with Gasteiger partial charge in [-0.05, 0) is 0 Å². The van der Waals surface area contributed by atoms with Gasteiger partial charge < -0.3 is 0 Å². The van der Waals surface area contributed by atoms with E-state index in [4.69, 9.17) is 10.8 Å². The normalized spacial score (nSPS) is 30.1. The van der Waals surface area contributed by atoms with Gasteiger partial charge in [-0.25, -0.2) is 0 Å². The molecule has 0 unspecified atom stereocenters. The first kappa shape index (κ1) is 13.7. The van der Waals surface area contributed by atoms with Crippen LogP contribution >= 0.6 is 0 Å². The van der Waals surface area contributed by atoms with Crippen molar-refractivity contribution in [1.29, 1.82) is 0 Å². The summed E-state index contributed by atoms with van der Waals surface area (Å²) in [5, 5.41) is 29.3. The summed E-state index contributed by atoms with van der Waals surface area (Å²) in [5.74, 6) is 0.293. The van der Waals surface area contributed by atoms with E-state index in [1.54, 1.807) is 10.9 Å². The Hall–Kier alpha value is -1.25.